The Balaban J connectivity index is 1.40. The van der Waals surface area contributed by atoms with E-state index in [1.54, 1.807) is 0 Å². The van der Waals surface area contributed by atoms with Crippen molar-refractivity contribution in [2.24, 2.45) is 0 Å². The Bertz CT molecular complexity index is 1670. The average molecular weight is 495 g/mol. The molecule has 1 heterocycles. The maximum absolute atomic E-state index is 10.1. The molecule has 0 amide bonds. The molecule has 0 spiro atoms. The van der Waals surface area contributed by atoms with Crippen molar-refractivity contribution >= 4 is 21.5 Å². The number of benzene rings is 5. The lowest BCUT2D eigenvalue weighted by atomic mass is 9.92. The lowest BCUT2D eigenvalue weighted by Crippen LogP contribution is -2.24. The van der Waals surface area contributed by atoms with Gasteiger partial charge in [-0.25, -0.2) is 0 Å². The van der Waals surface area contributed by atoms with E-state index in [1.165, 1.54) is 0 Å². The molecule has 6 rings (SSSR count). The van der Waals surface area contributed by atoms with Gasteiger partial charge in [-0.05, 0) is 51.4 Å². The van der Waals surface area contributed by atoms with E-state index in [1.807, 2.05) is 78.9 Å². The first-order valence-electron chi connectivity index (χ1n) is 12.8. The fraction of sp³-hybridized carbons (Fsp3) is 0.143. The zero-order valence-electron chi connectivity index (χ0n) is 20.8. The topological polar surface area (TPSA) is 49.7 Å². The van der Waals surface area contributed by atoms with Crippen LogP contribution in [0.2, 0.25) is 0 Å². The summed E-state index contributed by atoms with van der Waals surface area (Å²) in [5.41, 5.74) is 4.85. The van der Waals surface area contributed by atoms with E-state index in [-0.39, 0.29) is 12.7 Å². The molecular weight excluding hydrogens is 468 g/mol. The zero-order chi connectivity index (χ0) is 25.9. The number of fused-ring (bicyclic) bond motifs is 2. The molecule has 0 aromatic heterocycles. The van der Waals surface area contributed by atoms with Crippen molar-refractivity contribution in [2.75, 3.05) is 6.61 Å². The quantitative estimate of drug-likeness (QED) is 0.235. The molecule has 1 aliphatic heterocycles. The van der Waals surface area contributed by atoms with Gasteiger partial charge in [-0.1, -0.05) is 103 Å². The Morgan fingerprint density at radius 2 is 1.08 bits per heavy atom. The Kier molecular flexibility index (Phi) is 6.65. The molecular formula is C35H26O3. The van der Waals surface area contributed by atoms with Crippen LogP contribution in [0.4, 0.5) is 0 Å². The number of hydrogen-bond donors (Lipinski definition) is 2. The summed E-state index contributed by atoms with van der Waals surface area (Å²) in [5.74, 6) is 13.6. The molecule has 1 aliphatic rings. The van der Waals surface area contributed by atoms with Crippen molar-refractivity contribution in [1.82, 2.24) is 0 Å². The van der Waals surface area contributed by atoms with E-state index in [0.717, 1.165) is 49.4 Å². The normalized spacial score (nSPS) is 18.5. The van der Waals surface area contributed by atoms with E-state index in [9.17, 15) is 10.2 Å². The first kappa shape index (κ1) is 24.0. The lowest BCUT2D eigenvalue weighted by Gasteiger charge is -2.12. The molecule has 1 saturated heterocycles. The van der Waals surface area contributed by atoms with Crippen LogP contribution in [0.1, 0.15) is 40.3 Å². The first-order chi connectivity index (χ1) is 18.7. The van der Waals surface area contributed by atoms with Gasteiger partial charge in [-0.3, -0.25) is 0 Å². The van der Waals surface area contributed by atoms with Crippen LogP contribution in [0.5, 0.6) is 0 Å². The van der Waals surface area contributed by atoms with Gasteiger partial charge in [0.05, 0.1) is 18.8 Å². The lowest BCUT2D eigenvalue weighted by molar-refractivity contribution is -0.0225. The van der Waals surface area contributed by atoms with Gasteiger partial charge < -0.3 is 14.9 Å². The number of aliphatic hydroxyl groups is 2. The van der Waals surface area contributed by atoms with Gasteiger partial charge in [-0.2, -0.15) is 0 Å². The predicted molar refractivity (Wildman–Crippen MR) is 152 cm³/mol. The minimum Gasteiger partial charge on any atom is -0.394 e. The molecule has 5 aromatic rings. The minimum absolute atomic E-state index is 0.181. The summed E-state index contributed by atoms with van der Waals surface area (Å²) in [4.78, 5) is 0. The molecule has 1 unspecified atom stereocenters. The van der Waals surface area contributed by atoms with E-state index < -0.39 is 12.2 Å². The molecule has 3 heteroatoms. The molecule has 1 fully saturated rings. The Morgan fingerprint density at radius 3 is 1.55 bits per heavy atom. The highest BCUT2D eigenvalue weighted by molar-refractivity contribution is 6.09. The van der Waals surface area contributed by atoms with Crippen LogP contribution in [0, 0.1) is 23.7 Å². The van der Waals surface area contributed by atoms with Crippen LogP contribution in [0.15, 0.2) is 103 Å². The highest BCUT2D eigenvalue weighted by Crippen LogP contribution is 2.34. The van der Waals surface area contributed by atoms with Crippen molar-refractivity contribution in [3.05, 3.63) is 131 Å². The molecule has 0 aliphatic carbocycles. The molecule has 0 saturated carbocycles. The summed E-state index contributed by atoms with van der Waals surface area (Å²) < 4.78 is 5.79. The van der Waals surface area contributed by atoms with Gasteiger partial charge in [0, 0.05) is 28.7 Å². The van der Waals surface area contributed by atoms with Crippen LogP contribution in [0.25, 0.3) is 21.5 Å². The molecule has 3 atom stereocenters. The van der Waals surface area contributed by atoms with Crippen molar-refractivity contribution < 1.29 is 14.9 Å². The fourth-order valence-corrected chi connectivity index (χ4v) is 5.08. The van der Waals surface area contributed by atoms with Crippen LogP contribution < -0.4 is 0 Å². The van der Waals surface area contributed by atoms with Crippen molar-refractivity contribution in [3.63, 3.8) is 0 Å². The highest BCUT2D eigenvalue weighted by Gasteiger charge is 2.34. The molecule has 0 bridgehead atoms. The smallest absolute Gasteiger partial charge is 0.107 e. The van der Waals surface area contributed by atoms with Crippen molar-refractivity contribution in [1.29, 1.82) is 0 Å². The Morgan fingerprint density at radius 1 is 0.605 bits per heavy atom. The zero-order valence-corrected chi connectivity index (χ0v) is 20.8. The summed E-state index contributed by atoms with van der Waals surface area (Å²) >= 11 is 0. The van der Waals surface area contributed by atoms with Gasteiger partial charge in [0.25, 0.3) is 0 Å². The van der Waals surface area contributed by atoms with Crippen LogP contribution >= 0.6 is 0 Å². The second kappa shape index (κ2) is 10.5. The molecule has 0 radical (unpaired) electrons. The van der Waals surface area contributed by atoms with E-state index in [0.29, 0.717) is 6.42 Å². The maximum Gasteiger partial charge on any atom is 0.107 e. The third kappa shape index (κ3) is 4.68. The van der Waals surface area contributed by atoms with Crippen molar-refractivity contribution in [2.45, 2.75) is 24.7 Å². The largest absolute Gasteiger partial charge is 0.394 e. The molecule has 5 aromatic carbocycles. The van der Waals surface area contributed by atoms with Gasteiger partial charge in [0.15, 0.2) is 0 Å². The average Bonchev–Trinajstić information content (AvgIpc) is 3.36. The molecule has 38 heavy (non-hydrogen) atoms. The monoisotopic (exact) mass is 494 g/mol. The SMILES string of the molecule is OC[C@H]1OC(c2ccc(C#Cc3c4ccccc4c(C#Cc4ccccc4)c4ccccc34)cc2)C[C@@H]1O. The summed E-state index contributed by atoms with van der Waals surface area (Å²) in [6, 6.07) is 34.6. The van der Waals surface area contributed by atoms with Gasteiger partial charge in [0.1, 0.15) is 6.10 Å². The molecule has 2 N–H and O–H groups in total. The van der Waals surface area contributed by atoms with Gasteiger partial charge in [0.2, 0.25) is 0 Å². The van der Waals surface area contributed by atoms with E-state index in [2.05, 4.69) is 47.9 Å². The van der Waals surface area contributed by atoms with Crippen LogP contribution in [-0.4, -0.2) is 29.0 Å². The molecule has 184 valence electrons. The standard InChI is InChI=1S/C35H26O3/c36-23-35-33(37)22-34(38-35)26-18-14-25(15-19-26)17-21-32-29-12-6-4-10-27(29)31(28-11-5-7-13-30(28)32)20-16-24-8-2-1-3-9-24/h1-15,18-19,33-37H,22-23H2/t33-,34?,35+/m0/s1. The Labute approximate surface area is 222 Å². The van der Waals surface area contributed by atoms with E-state index >= 15 is 0 Å². The summed E-state index contributed by atoms with van der Waals surface area (Å²) in [6.07, 6.45) is -0.914. The van der Waals surface area contributed by atoms with Crippen molar-refractivity contribution in [3.8, 4) is 23.7 Å². The molecule has 3 nitrogen and oxygen atoms in total. The minimum atomic E-state index is -0.647. The maximum atomic E-state index is 10.1. The summed E-state index contributed by atoms with van der Waals surface area (Å²) in [7, 11) is 0. The Hall–Kier alpha value is -4.38. The fourth-order valence-electron chi connectivity index (χ4n) is 5.08. The summed E-state index contributed by atoms with van der Waals surface area (Å²) in [6.45, 7) is -0.181. The predicted octanol–water partition coefficient (Wildman–Crippen LogP) is 5.98. The van der Waals surface area contributed by atoms with Crippen LogP contribution in [0.3, 0.4) is 0 Å². The highest BCUT2D eigenvalue weighted by atomic mass is 16.5. The first-order valence-corrected chi connectivity index (χ1v) is 12.8. The second-order valence-corrected chi connectivity index (χ2v) is 9.48. The summed E-state index contributed by atoms with van der Waals surface area (Å²) in [5, 5.41) is 23.8. The number of hydrogen-bond acceptors (Lipinski definition) is 3. The van der Waals surface area contributed by atoms with Gasteiger partial charge >= 0.3 is 0 Å². The van der Waals surface area contributed by atoms with Crippen LogP contribution in [-0.2, 0) is 4.74 Å². The second-order valence-electron chi connectivity index (χ2n) is 9.48. The number of ether oxygens (including phenoxy) is 1. The third-order valence-electron chi connectivity index (χ3n) is 7.06. The number of rotatable bonds is 2. The number of aliphatic hydroxyl groups excluding tert-OH is 2. The van der Waals surface area contributed by atoms with Gasteiger partial charge in [-0.15, -0.1) is 0 Å². The third-order valence-corrected chi connectivity index (χ3v) is 7.06. The van der Waals surface area contributed by atoms with E-state index in [4.69, 9.17) is 4.74 Å².